The molecule has 0 aliphatic heterocycles. The predicted octanol–water partition coefficient (Wildman–Crippen LogP) is 0.724. The topological polar surface area (TPSA) is 89.7 Å². The summed E-state index contributed by atoms with van der Waals surface area (Å²) in [6.07, 6.45) is 1.71. The van der Waals surface area contributed by atoms with Crippen LogP contribution in [-0.2, 0) is 14.8 Å². The van der Waals surface area contributed by atoms with E-state index >= 15 is 0 Å². The number of sulfonamides is 1. The molecular weight excluding hydrogens is 299 g/mol. The van der Waals surface area contributed by atoms with E-state index in [0.717, 1.165) is 31.0 Å². The molecule has 8 heteroatoms. The fourth-order valence-electron chi connectivity index (χ4n) is 2.03. The number of halogens is 1. The first kappa shape index (κ1) is 15.9. The van der Waals surface area contributed by atoms with Crippen LogP contribution in [0.15, 0.2) is 23.1 Å². The lowest BCUT2D eigenvalue weighted by Crippen LogP contribution is -2.36. The molecule has 1 aromatic rings. The van der Waals surface area contributed by atoms with Crippen molar-refractivity contribution in [2.24, 2.45) is 5.14 Å². The molecule has 0 atom stereocenters. The van der Waals surface area contributed by atoms with Gasteiger partial charge in [0.25, 0.3) is 5.91 Å². The summed E-state index contributed by atoms with van der Waals surface area (Å²) in [5.41, 5.74) is -0.287. The van der Waals surface area contributed by atoms with Gasteiger partial charge >= 0.3 is 0 Å². The maximum absolute atomic E-state index is 13.9. The zero-order valence-corrected chi connectivity index (χ0v) is 12.4. The van der Waals surface area contributed by atoms with Crippen molar-refractivity contribution in [2.45, 2.75) is 23.8 Å². The van der Waals surface area contributed by atoms with Crippen molar-refractivity contribution in [1.29, 1.82) is 0 Å². The van der Waals surface area contributed by atoms with E-state index < -0.39 is 21.7 Å². The van der Waals surface area contributed by atoms with Crippen LogP contribution in [0, 0.1) is 5.82 Å². The van der Waals surface area contributed by atoms with Gasteiger partial charge in [0.2, 0.25) is 10.0 Å². The van der Waals surface area contributed by atoms with Crippen LogP contribution in [0.3, 0.4) is 0 Å². The number of ether oxygens (including phenoxy) is 1. The molecule has 1 aliphatic carbocycles. The van der Waals surface area contributed by atoms with Gasteiger partial charge in [0.15, 0.2) is 0 Å². The van der Waals surface area contributed by atoms with Crippen LogP contribution in [0.2, 0.25) is 0 Å². The Morgan fingerprint density at radius 3 is 2.67 bits per heavy atom. The number of rotatable bonds is 6. The first-order chi connectivity index (χ1) is 9.84. The standard InChI is InChI=1S/C13H17FN2O4S/c1-20-7-6-16(9-2-3-9)13(17)11-8-10(21(15,18)19)4-5-12(11)14/h4-5,8-9H,2-3,6-7H2,1H3,(H2,15,18,19). The van der Waals surface area contributed by atoms with Crippen molar-refractivity contribution < 1.29 is 22.3 Å². The van der Waals surface area contributed by atoms with E-state index in [1.807, 2.05) is 0 Å². The van der Waals surface area contributed by atoms with Gasteiger partial charge in [0.1, 0.15) is 5.82 Å². The highest BCUT2D eigenvalue weighted by molar-refractivity contribution is 7.89. The highest BCUT2D eigenvalue weighted by atomic mass is 32.2. The molecule has 2 N–H and O–H groups in total. The van der Waals surface area contributed by atoms with Gasteiger partial charge in [0.05, 0.1) is 17.1 Å². The molecule has 1 aromatic carbocycles. The monoisotopic (exact) mass is 316 g/mol. The van der Waals surface area contributed by atoms with Crippen molar-refractivity contribution in [2.75, 3.05) is 20.3 Å². The van der Waals surface area contributed by atoms with Crippen molar-refractivity contribution >= 4 is 15.9 Å². The average molecular weight is 316 g/mol. The minimum absolute atomic E-state index is 0.0604. The van der Waals surface area contributed by atoms with Crippen LogP contribution in [0.5, 0.6) is 0 Å². The third-order valence-corrected chi connectivity index (χ3v) is 4.19. The van der Waals surface area contributed by atoms with E-state index in [9.17, 15) is 17.6 Å². The van der Waals surface area contributed by atoms with Gasteiger partial charge in [-0.15, -0.1) is 0 Å². The first-order valence-electron chi connectivity index (χ1n) is 6.47. The number of primary sulfonamides is 1. The third-order valence-electron chi connectivity index (χ3n) is 3.28. The summed E-state index contributed by atoms with van der Waals surface area (Å²) in [5, 5.41) is 5.01. The van der Waals surface area contributed by atoms with Crippen LogP contribution in [0.25, 0.3) is 0 Å². The number of methoxy groups -OCH3 is 1. The second kappa shape index (κ2) is 6.08. The Bertz CT molecular complexity index is 644. The van der Waals surface area contributed by atoms with Crippen LogP contribution in [-0.4, -0.2) is 45.5 Å². The lowest BCUT2D eigenvalue weighted by atomic mass is 10.2. The lowest BCUT2D eigenvalue weighted by Gasteiger charge is -2.22. The molecule has 2 rings (SSSR count). The molecule has 0 bridgehead atoms. The number of amides is 1. The van der Waals surface area contributed by atoms with Gasteiger partial charge in [-0.05, 0) is 31.0 Å². The summed E-state index contributed by atoms with van der Waals surface area (Å²) in [6, 6.07) is 3.02. The molecule has 0 saturated heterocycles. The second-order valence-electron chi connectivity index (χ2n) is 4.91. The number of benzene rings is 1. The van der Waals surface area contributed by atoms with E-state index in [1.165, 1.54) is 12.0 Å². The van der Waals surface area contributed by atoms with Crippen LogP contribution in [0.4, 0.5) is 4.39 Å². The normalized spacial score (nSPS) is 15.0. The van der Waals surface area contributed by atoms with Crippen molar-refractivity contribution in [3.63, 3.8) is 0 Å². The Hall–Kier alpha value is -1.51. The van der Waals surface area contributed by atoms with Crippen LogP contribution < -0.4 is 5.14 Å². The van der Waals surface area contributed by atoms with E-state index in [0.29, 0.717) is 13.2 Å². The molecule has 1 aliphatic rings. The highest BCUT2D eigenvalue weighted by Gasteiger charge is 2.34. The van der Waals surface area contributed by atoms with Crippen molar-refractivity contribution in [1.82, 2.24) is 4.90 Å². The summed E-state index contributed by atoms with van der Waals surface area (Å²) in [7, 11) is -2.47. The lowest BCUT2D eigenvalue weighted by molar-refractivity contribution is 0.0675. The average Bonchev–Trinajstić information content (AvgIpc) is 3.22. The second-order valence-corrected chi connectivity index (χ2v) is 6.47. The van der Waals surface area contributed by atoms with Gasteiger partial charge in [-0.2, -0.15) is 0 Å². The molecule has 0 aromatic heterocycles. The zero-order valence-electron chi connectivity index (χ0n) is 11.6. The SMILES string of the molecule is COCCN(C(=O)c1cc(S(N)(=O)=O)ccc1F)C1CC1. The summed E-state index contributed by atoms with van der Waals surface area (Å²) < 4.78 is 41.4. The Morgan fingerprint density at radius 2 is 2.14 bits per heavy atom. The van der Waals surface area contributed by atoms with Gasteiger partial charge in [-0.25, -0.2) is 17.9 Å². The summed E-state index contributed by atoms with van der Waals surface area (Å²) >= 11 is 0. The molecule has 0 heterocycles. The van der Waals surface area contributed by atoms with E-state index in [4.69, 9.17) is 9.88 Å². The molecule has 1 amide bonds. The Balaban J connectivity index is 2.32. The quantitative estimate of drug-likeness (QED) is 0.837. The summed E-state index contributed by atoms with van der Waals surface area (Å²) in [5.74, 6) is -1.31. The third kappa shape index (κ3) is 3.78. The number of hydrogen-bond donors (Lipinski definition) is 1. The Labute approximate surface area is 122 Å². The minimum Gasteiger partial charge on any atom is -0.383 e. The van der Waals surface area contributed by atoms with Crippen molar-refractivity contribution in [3.8, 4) is 0 Å². The maximum Gasteiger partial charge on any atom is 0.257 e. The van der Waals surface area contributed by atoms with E-state index in [-0.39, 0.29) is 16.5 Å². The first-order valence-corrected chi connectivity index (χ1v) is 8.01. The molecular formula is C13H17FN2O4S. The van der Waals surface area contributed by atoms with Gasteiger partial charge in [-0.3, -0.25) is 4.79 Å². The smallest absolute Gasteiger partial charge is 0.257 e. The Morgan fingerprint density at radius 1 is 1.48 bits per heavy atom. The largest absolute Gasteiger partial charge is 0.383 e. The predicted molar refractivity (Wildman–Crippen MR) is 73.7 cm³/mol. The zero-order chi connectivity index (χ0) is 15.6. The van der Waals surface area contributed by atoms with Gasteiger partial charge < -0.3 is 9.64 Å². The number of carbonyl (C=O) groups is 1. The van der Waals surface area contributed by atoms with Crippen molar-refractivity contribution in [3.05, 3.63) is 29.6 Å². The Kier molecular flexibility index (Phi) is 4.60. The summed E-state index contributed by atoms with van der Waals surface area (Å²) in [6.45, 7) is 0.664. The van der Waals surface area contributed by atoms with Crippen LogP contribution >= 0.6 is 0 Å². The number of hydrogen-bond acceptors (Lipinski definition) is 4. The summed E-state index contributed by atoms with van der Waals surface area (Å²) in [4.78, 5) is 13.7. The van der Waals surface area contributed by atoms with Gasteiger partial charge in [-0.1, -0.05) is 0 Å². The molecule has 116 valence electrons. The van der Waals surface area contributed by atoms with Crippen LogP contribution in [0.1, 0.15) is 23.2 Å². The maximum atomic E-state index is 13.9. The molecule has 6 nitrogen and oxygen atoms in total. The van der Waals surface area contributed by atoms with E-state index in [1.54, 1.807) is 0 Å². The minimum atomic E-state index is -3.98. The number of carbonyl (C=O) groups excluding carboxylic acids is 1. The van der Waals surface area contributed by atoms with E-state index in [2.05, 4.69) is 0 Å². The van der Waals surface area contributed by atoms with Gasteiger partial charge in [0, 0.05) is 19.7 Å². The number of nitrogens with zero attached hydrogens (tertiary/aromatic N) is 1. The number of nitrogens with two attached hydrogens (primary N) is 1. The molecule has 0 unspecified atom stereocenters. The molecule has 1 fully saturated rings. The molecule has 21 heavy (non-hydrogen) atoms. The molecule has 1 saturated carbocycles. The molecule has 0 spiro atoms. The fraction of sp³-hybridized carbons (Fsp3) is 0.462. The molecule has 0 radical (unpaired) electrons. The fourth-order valence-corrected chi connectivity index (χ4v) is 2.57. The highest BCUT2D eigenvalue weighted by Crippen LogP contribution is 2.29.